The van der Waals surface area contributed by atoms with Gasteiger partial charge in [0.15, 0.2) is 0 Å². The molecule has 0 aliphatic carbocycles. The number of carbonyl (C=O) groups is 2. The lowest BCUT2D eigenvalue weighted by Gasteiger charge is -2.20. The molecule has 0 fully saturated rings. The molecule has 0 atom stereocenters. The SMILES string of the molecule is CCN(CC)c1ccc(/C=N\NC(=O)C(=O)Nc2cccc(Cl)c2Cl)cc1. The van der Waals surface area contributed by atoms with E-state index in [1.54, 1.807) is 18.2 Å². The van der Waals surface area contributed by atoms with Crippen LogP contribution in [0.15, 0.2) is 47.6 Å². The van der Waals surface area contributed by atoms with Crippen LogP contribution in [0.5, 0.6) is 0 Å². The fourth-order valence-corrected chi connectivity index (χ4v) is 2.70. The quantitative estimate of drug-likeness (QED) is 0.433. The Hall–Kier alpha value is -2.57. The highest BCUT2D eigenvalue weighted by molar-refractivity contribution is 6.45. The van der Waals surface area contributed by atoms with E-state index in [1.807, 2.05) is 24.3 Å². The maximum absolute atomic E-state index is 11.9. The highest BCUT2D eigenvalue weighted by Gasteiger charge is 2.15. The topological polar surface area (TPSA) is 73.8 Å². The number of hydrazone groups is 1. The zero-order valence-corrected chi connectivity index (χ0v) is 16.5. The minimum Gasteiger partial charge on any atom is -0.372 e. The van der Waals surface area contributed by atoms with Gasteiger partial charge in [0, 0.05) is 18.8 Å². The van der Waals surface area contributed by atoms with Crippen molar-refractivity contribution in [3.8, 4) is 0 Å². The molecule has 0 heterocycles. The maximum Gasteiger partial charge on any atom is 0.329 e. The number of anilines is 2. The van der Waals surface area contributed by atoms with Crippen LogP contribution in [0.1, 0.15) is 19.4 Å². The second-order valence-corrected chi connectivity index (χ2v) is 6.30. The maximum atomic E-state index is 11.9. The summed E-state index contributed by atoms with van der Waals surface area (Å²) in [6.45, 7) is 6.03. The van der Waals surface area contributed by atoms with Crippen molar-refractivity contribution in [2.24, 2.45) is 5.10 Å². The number of carbonyl (C=O) groups excluding carboxylic acids is 2. The van der Waals surface area contributed by atoms with Crippen LogP contribution < -0.4 is 15.6 Å². The largest absolute Gasteiger partial charge is 0.372 e. The first kappa shape index (κ1) is 20.7. The molecule has 142 valence electrons. The van der Waals surface area contributed by atoms with Crippen LogP contribution in [-0.4, -0.2) is 31.1 Å². The predicted molar refractivity (Wildman–Crippen MR) is 111 cm³/mol. The molecule has 27 heavy (non-hydrogen) atoms. The Morgan fingerprint density at radius 2 is 1.70 bits per heavy atom. The van der Waals surface area contributed by atoms with Crippen LogP contribution in [0.25, 0.3) is 0 Å². The molecule has 0 saturated heterocycles. The van der Waals surface area contributed by atoms with E-state index in [0.717, 1.165) is 24.3 Å². The molecule has 8 heteroatoms. The molecule has 0 radical (unpaired) electrons. The highest BCUT2D eigenvalue weighted by atomic mass is 35.5. The molecule has 0 unspecified atom stereocenters. The normalized spacial score (nSPS) is 10.7. The van der Waals surface area contributed by atoms with Gasteiger partial charge in [-0.25, -0.2) is 5.43 Å². The predicted octanol–water partition coefficient (Wildman–Crippen LogP) is 3.93. The van der Waals surface area contributed by atoms with Crippen molar-refractivity contribution in [1.29, 1.82) is 0 Å². The van der Waals surface area contributed by atoms with Crippen molar-refractivity contribution in [2.75, 3.05) is 23.3 Å². The van der Waals surface area contributed by atoms with E-state index in [2.05, 4.69) is 34.6 Å². The van der Waals surface area contributed by atoms with Gasteiger partial charge in [0.05, 0.1) is 21.9 Å². The molecule has 0 aliphatic rings. The zero-order valence-electron chi connectivity index (χ0n) is 15.0. The summed E-state index contributed by atoms with van der Waals surface area (Å²) in [7, 11) is 0. The standard InChI is InChI=1S/C19H20Cl2N4O2/c1-3-25(4-2)14-10-8-13(9-11-14)12-22-24-19(27)18(26)23-16-7-5-6-15(20)17(16)21/h5-12H,3-4H2,1-2H3,(H,23,26)(H,24,27)/b22-12-. The van der Waals surface area contributed by atoms with E-state index in [9.17, 15) is 9.59 Å². The average Bonchev–Trinajstić information content (AvgIpc) is 2.67. The Morgan fingerprint density at radius 3 is 2.33 bits per heavy atom. The Labute approximate surface area is 168 Å². The number of nitrogens with zero attached hydrogens (tertiary/aromatic N) is 2. The number of halogens is 2. The Kier molecular flexibility index (Phi) is 7.64. The van der Waals surface area contributed by atoms with Crippen LogP contribution in [0, 0.1) is 0 Å². The third kappa shape index (κ3) is 5.70. The summed E-state index contributed by atoms with van der Waals surface area (Å²) in [6.07, 6.45) is 1.46. The third-order valence-electron chi connectivity index (χ3n) is 3.81. The smallest absolute Gasteiger partial charge is 0.329 e. The van der Waals surface area contributed by atoms with E-state index in [4.69, 9.17) is 23.2 Å². The average molecular weight is 407 g/mol. The lowest BCUT2D eigenvalue weighted by Crippen LogP contribution is -2.32. The summed E-state index contributed by atoms with van der Waals surface area (Å²) in [4.78, 5) is 26.0. The van der Waals surface area contributed by atoms with Crippen molar-refractivity contribution < 1.29 is 9.59 Å². The fraction of sp³-hybridized carbons (Fsp3) is 0.211. The summed E-state index contributed by atoms with van der Waals surface area (Å²) < 4.78 is 0. The van der Waals surface area contributed by atoms with Gasteiger partial charge in [-0.3, -0.25) is 9.59 Å². The summed E-state index contributed by atoms with van der Waals surface area (Å²) >= 11 is 11.8. The first-order valence-electron chi connectivity index (χ1n) is 8.39. The number of nitrogens with one attached hydrogen (secondary N) is 2. The van der Waals surface area contributed by atoms with Crippen molar-refractivity contribution in [2.45, 2.75) is 13.8 Å². The minimum atomic E-state index is -0.915. The second-order valence-electron chi connectivity index (χ2n) is 5.52. The molecule has 6 nitrogen and oxygen atoms in total. The van der Waals surface area contributed by atoms with Gasteiger partial charge in [-0.15, -0.1) is 0 Å². The van der Waals surface area contributed by atoms with Crippen LogP contribution >= 0.6 is 23.2 Å². The van der Waals surface area contributed by atoms with Gasteiger partial charge in [-0.05, 0) is 43.7 Å². The van der Waals surface area contributed by atoms with Gasteiger partial charge in [0.2, 0.25) is 0 Å². The van der Waals surface area contributed by atoms with E-state index in [1.165, 1.54) is 6.21 Å². The van der Waals surface area contributed by atoms with Gasteiger partial charge in [-0.1, -0.05) is 41.4 Å². The molecular weight excluding hydrogens is 387 g/mol. The van der Waals surface area contributed by atoms with Crippen molar-refractivity contribution >= 4 is 52.6 Å². The van der Waals surface area contributed by atoms with E-state index < -0.39 is 11.8 Å². The van der Waals surface area contributed by atoms with Gasteiger partial charge in [-0.2, -0.15) is 5.10 Å². The number of rotatable bonds is 6. The molecule has 2 aromatic carbocycles. The molecular formula is C19H20Cl2N4O2. The van der Waals surface area contributed by atoms with E-state index in [-0.39, 0.29) is 15.7 Å². The van der Waals surface area contributed by atoms with Crippen molar-refractivity contribution in [3.05, 3.63) is 58.1 Å². The van der Waals surface area contributed by atoms with Crippen LogP contribution in [-0.2, 0) is 9.59 Å². The molecule has 2 N–H and O–H groups in total. The van der Waals surface area contributed by atoms with Crippen LogP contribution in [0.2, 0.25) is 10.0 Å². The lowest BCUT2D eigenvalue weighted by atomic mass is 10.2. The molecule has 0 aliphatic heterocycles. The van der Waals surface area contributed by atoms with Crippen molar-refractivity contribution in [3.63, 3.8) is 0 Å². The van der Waals surface area contributed by atoms with Crippen LogP contribution in [0.4, 0.5) is 11.4 Å². The lowest BCUT2D eigenvalue weighted by molar-refractivity contribution is -0.136. The number of benzene rings is 2. The van der Waals surface area contributed by atoms with Crippen molar-refractivity contribution in [1.82, 2.24) is 5.43 Å². The summed E-state index contributed by atoms with van der Waals surface area (Å²) in [5, 5.41) is 6.63. The van der Waals surface area contributed by atoms with E-state index >= 15 is 0 Å². The monoisotopic (exact) mass is 406 g/mol. The van der Waals surface area contributed by atoms with Gasteiger partial charge in [0.1, 0.15) is 0 Å². The Bertz CT molecular complexity index is 834. The molecule has 0 aromatic heterocycles. The number of amides is 2. The Morgan fingerprint density at radius 1 is 1.04 bits per heavy atom. The summed E-state index contributed by atoms with van der Waals surface area (Å²) in [6, 6.07) is 12.5. The second kappa shape index (κ2) is 9.94. The first-order valence-corrected chi connectivity index (χ1v) is 9.15. The zero-order chi connectivity index (χ0) is 19.8. The summed E-state index contributed by atoms with van der Waals surface area (Å²) in [5.41, 5.74) is 4.33. The van der Waals surface area contributed by atoms with Crippen LogP contribution in [0.3, 0.4) is 0 Å². The van der Waals surface area contributed by atoms with Gasteiger partial charge >= 0.3 is 11.8 Å². The molecule has 2 rings (SSSR count). The molecule has 0 spiro atoms. The Balaban J connectivity index is 1.92. The highest BCUT2D eigenvalue weighted by Crippen LogP contribution is 2.29. The van der Waals surface area contributed by atoms with Gasteiger partial charge in [0.25, 0.3) is 0 Å². The first-order chi connectivity index (χ1) is 13.0. The molecule has 0 saturated carbocycles. The van der Waals surface area contributed by atoms with Gasteiger partial charge < -0.3 is 10.2 Å². The molecule has 2 amide bonds. The molecule has 0 bridgehead atoms. The summed E-state index contributed by atoms with van der Waals surface area (Å²) in [5.74, 6) is -1.81. The third-order valence-corrected chi connectivity index (χ3v) is 4.63. The fourth-order valence-electron chi connectivity index (χ4n) is 2.36. The minimum absolute atomic E-state index is 0.164. The molecule has 2 aromatic rings. The number of hydrogen-bond donors (Lipinski definition) is 2. The number of hydrogen-bond acceptors (Lipinski definition) is 4. The van der Waals surface area contributed by atoms with E-state index in [0.29, 0.717) is 0 Å².